The number of nitrogens with zero attached hydrogens (tertiary/aromatic N) is 2. The van der Waals surface area contributed by atoms with E-state index in [-0.39, 0.29) is 0 Å². The Kier molecular flexibility index (Phi) is 11.4. The summed E-state index contributed by atoms with van der Waals surface area (Å²) in [6, 6.07) is 6.16. The summed E-state index contributed by atoms with van der Waals surface area (Å²) in [6.07, 6.45) is 1.99. The minimum absolute atomic E-state index is 0.547. The van der Waals surface area contributed by atoms with Crippen molar-refractivity contribution in [2.45, 2.75) is 33.6 Å². The van der Waals surface area contributed by atoms with E-state index in [1.54, 1.807) is 7.11 Å². The SMILES string of the molecule is CCNC(=NCCc1ccc(OCC)c(OCC)c1)N1CCC(COCCOC)C1. The van der Waals surface area contributed by atoms with Gasteiger partial charge in [0.15, 0.2) is 17.5 Å². The van der Waals surface area contributed by atoms with E-state index >= 15 is 0 Å². The molecule has 30 heavy (non-hydrogen) atoms. The van der Waals surface area contributed by atoms with Gasteiger partial charge in [0.25, 0.3) is 0 Å². The maximum atomic E-state index is 5.74. The van der Waals surface area contributed by atoms with Crippen LogP contribution in [0.3, 0.4) is 0 Å². The first-order chi connectivity index (χ1) is 14.7. The summed E-state index contributed by atoms with van der Waals surface area (Å²) in [5, 5.41) is 3.44. The zero-order chi connectivity index (χ0) is 21.6. The van der Waals surface area contributed by atoms with Crippen molar-refractivity contribution in [3.8, 4) is 11.5 Å². The fourth-order valence-electron chi connectivity index (χ4n) is 3.52. The fourth-order valence-corrected chi connectivity index (χ4v) is 3.52. The summed E-state index contributed by atoms with van der Waals surface area (Å²) in [5.41, 5.74) is 1.20. The number of nitrogens with one attached hydrogen (secondary N) is 1. The molecule has 0 amide bonds. The summed E-state index contributed by atoms with van der Waals surface area (Å²) >= 11 is 0. The second-order valence-electron chi connectivity index (χ2n) is 7.30. The molecule has 170 valence electrons. The number of methoxy groups -OCH3 is 1. The first kappa shape index (κ1) is 24.3. The summed E-state index contributed by atoms with van der Waals surface area (Å²) < 4.78 is 22.1. The molecule has 2 rings (SSSR count). The predicted molar refractivity (Wildman–Crippen MR) is 121 cm³/mol. The Hall–Kier alpha value is -1.99. The van der Waals surface area contributed by atoms with Gasteiger partial charge in [-0.1, -0.05) is 6.07 Å². The molecule has 1 N–H and O–H groups in total. The molecule has 7 heteroatoms. The summed E-state index contributed by atoms with van der Waals surface area (Å²) in [5.74, 6) is 3.15. The molecule has 1 atom stereocenters. The van der Waals surface area contributed by atoms with Crippen LogP contribution in [0.4, 0.5) is 0 Å². The second kappa shape index (κ2) is 14.1. The third-order valence-electron chi connectivity index (χ3n) is 4.98. The molecular weight excluding hydrogens is 382 g/mol. The average Bonchev–Trinajstić information content (AvgIpc) is 3.21. The third kappa shape index (κ3) is 8.03. The van der Waals surface area contributed by atoms with Gasteiger partial charge in [-0.2, -0.15) is 0 Å². The maximum absolute atomic E-state index is 5.74. The molecular formula is C23H39N3O4. The van der Waals surface area contributed by atoms with Crippen molar-refractivity contribution in [3.63, 3.8) is 0 Å². The van der Waals surface area contributed by atoms with Crippen LogP contribution in [0, 0.1) is 5.92 Å². The Morgan fingerprint density at radius 3 is 2.67 bits per heavy atom. The molecule has 1 aliphatic heterocycles. The lowest BCUT2D eigenvalue weighted by atomic mass is 10.1. The van der Waals surface area contributed by atoms with Crippen molar-refractivity contribution >= 4 is 5.96 Å². The minimum Gasteiger partial charge on any atom is -0.490 e. The van der Waals surface area contributed by atoms with Crippen molar-refractivity contribution in [2.24, 2.45) is 10.9 Å². The van der Waals surface area contributed by atoms with E-state index in [2.05, 4.69) is 29.3 Å². The van der Waals surface area contributed by atoms with Crippen LogP contribution in [0.25, 0.3) is 0 Å². The molecule has 0 aromatic heterocycles. The molecule has 1 aromatic carbocycles. The average molecular weight is 422 g/mol. The van der Waals surface area contributed by atoms with Gasteiger partial charge in [-0.25, -0.2) is 0 Å². The number of hydrogen-bond acceptors (Lipinski definition) is 5. The van der Waals surface area contributed by atoms with Crippen molar-refractivity contribution in [3.05, 3.63) is 23.8 Å². The van der Waals surface area contributed by atoms with Crippen LogP contribution in [-0.2, 0) is 15.9 Å². The van der Waals surface area contributed by atoms with Crippen LogP contribution in [0.5, 0.6) is 11.5 Å². The van der Waals surface area contributed by atoms with Crippen molar-refractivity contribution in [2.75, 3.05) is 66.3 Å². The molecule has 0 bridgehead atoms. The standard InChI is InChI=1S/C23H39N3O4/c1-5-24-23(26-13-11-20(17-26)18-28-15-14-27-4)25-12-10-19-8-9-21(29-6-2)22(16-19)30-7-3/h8-9,16,20H,5-7,10-15,17-18H2,1-4H3,(H,24,25). The summed E-state index contributed by atoms with van der Waals surface area (Å²) in [6.45, 7) is 13.0. The molecule has 1 heterocycles. The van der Waals surface area contributed by atoms with E-state index in [1.807, 2.05) is 19.9 Å². The molecule has 0 spiro atoms. The highest BCUT2D eigenvalue weighted by Crippen LogP contribution is 2.28. The van der Waals surface area contributed by atoms with Crippen molar-refractivity contribution in [1.29, 1.82) is 0 Å². The van der Waals surface area contributed by atoms with Crippen LogP contribution in [-0.4, -0.2) is 77.2 Å². The van der Waals surface area contributed by atoms with E-state index in [0.717, 1.165) is 63.1 Å². The van der Waals surface area contributed by atoms with Gasteiger partial charge in [-0.15, -0.1) is 0 Å². The van der Waals surface area contributed by atoms with E-state index in [0.29, 0.717) is 32.3 Å². The number of benzene rings is 1. The molecule has 0 saturated carbocycles. The quantitative estimate of drug-likeness (QED) is 0.300. The first-order valence-corrected chi connectivity index (χ1v) is 11.2. The van der Waals surface area contributed by atoms with Crippen LogP contribution in [0.2, 0.25) is 0 Å². The number of rotatable bonds is 13. The molecule has 0 aliphatic carbocycles. The topological polar surface area (TPSA) is 64.6 Å². The van der Waals surface area contributed by atoms with Gasteiger partial charge >= 0.3 is 0 Å². The minimum atomic E-state index is 0.547. The highest BCUT2D eigenvalue weighted by Gasteiger charge is 2.24. The zero-order valence-corrected chi connectivity index (χ0v) is 19.1. The highest BCUT2D eigenvalue weighted by molar-refractivity contribution is 5.80. The highest BCUT2D eigenvalue weighted by atomic mass is 16.5. The molecule has 1 aliphatic rings. The number of guanidine groups is 1. The van der Waals surface area contributed by atoms with Crippen LogP contribution in [0.15, 0.2) is 23.2 Å². The van der Waals surface area contributed by atoms with Gasteiger partial charge in [0.05, 0.1) is 33.0 Å². The molecule has 7 nitrogen and oxygen atoms in total. The molecule has 1 aromatic rings. The number of ether oxygens (including phenoxy) is 4. The molecule has 1 fully saturated rings. The van der Waals surface area contributed by atoms with Gasteiger partial charge < -0.3 is 29.2 Å². The lowest BCUT2D eigenvalue weighted by Gasteiger charge is -2.21. The van der Waals surface area contributed by atoms with E-state index in [1.165, 1.54) is 5.56 Å². The fraction of sp³-hybridized carbons (Fsp3) is 0.696. The van der Waals surface area contributed by atoms with E-state index in [4.69, 9.17) is 23.9 Å². The van der Waals surface area contributed by atoms with Crippen molar-refractivity contribution in [1.82, 2.24) is 10.2 Å². The van der Waals surface area contributed by atoms with Gasteiger partial charge in [-0.05, 0) is 51.3 Å². The molecule has 1 unspecified atom stereocenters. The van der Waals surface area contributed by atoms with Crippen LogP contribution >= 0.6 is 0 Å². The lowest BCUT2D eigenvalue weighted by molar-refractivity contribution is 0.0536. The van der Waals surface area contributed by atoms with E-state index < -0.39 is 0 Å². The molecule has 0 radical (unpaired) electrons. The zero-order valence-electron chi connectivity index (χ0n) is 19.1. The summed E-state index contributed by atoms with van der Waals surface area (Å²) in [7, 11) is 1.70. The number of likely N-dealkylation sites (tertiary alicyclic amines) is 1. The Balaban J connectivity index is 1.89. The van der Waals surface area contributed by atoms with Gasteiger partial charge in [0.1, 0.15) is 0 Å². The Morgan fingerprint density at radius 2 is 1.93 bits per heavy atom. The van der Waals surface area contributed by atoms with Gasteiger partial charge in [0, 0.05) is 39.2 Å². The van der Waals surface area contributed by atoms with Crippen LogP contribution in [0.1, 0.15) is 32.8 Å². The van der Waals surface area contributed by atoms with Crippen molar-refractivity contribution < 1.29 is 18.9 Å². The Bertz CT molecular complexity index is 639. The number of aliphatic imine (C=N–C) groups is 1. The first-order valence-electron chi connectivity index (χ1n) is 11.2. The van der Waals surface area contributed by atoms with Gasteiger partial charge in [0.2, 0.25) is 0 Å². The molecule has 1 saturated heterocycles. The normalized spacial score (nSPS) is 16.7. The number of hydrogen-bond donors (Lipinski definition) is 1. The smallest absolute Gasteiger partial charge is 0.193 e. The monoisotopic (exact) mass is 421 g/mol. The van der Waals surface area contributed by atoms with Gasteiger partial charge in [-0.3, -0.25) is 4.99 Å². The Labute approximate surface area is 181 Å². The predicted octanol–water partition coefficient (Wildman–Crippen LogP) is 2.98. The van der Waals surface area contributed by atoms with E-state index in [9.17, 15) is 0 Å². The Morgan fingerprint density at radius 1 is 1.13 bits per heavy atom. The third-order valence-corrected chi connectivity index (χ3v) is 4.98. The maximum Gasteiger partial charge on any atom is 0.193 e. The largest absolute Gasteiger partial charge is 0.490 e. The summed E-state index contributed by atoms with van der Waals surface area (Å²) in [4.78, 5) is 7.21. The van der Waals surface area contributed by atoms with Crippen LogP contribution < -0.4 is 14.8 Å². The lowest BCUT2D eigenvalue weighted by Crippen LogP contribution is -2.40. The second-order valence-corrected chi connectivity index (χ2v) is 7.30.